The van der Waals surface area contributed by atoms with Gasteiger partial charge in [0.1, 0.15) is 6.10 Å². The zero-order valence-corrected chi connectivity index (χ0v) is 14.7. The lowest BCUT2D eigenvalue weighted by molar-refractivity contribution is -0.133. The second kappa shape index (κ2) is 7.74. The van der Waals surface area contributed by atoms with Gasteiger partial charge >= 0.3 is 0 Å². The Morgan fingerprint density at radius 2 is 1.76 bits per heavy atom. The number of amides is 2. The van der Waals surface area contributed by atoms with E-state index in [0.717, 1.165) is 32.7 Å². The van der Waals surface area contributed by atoms with Crippen LogP contribution in [0.25, 0.3) is 0 Å². The normalized spacial score (nSPS) is 23.2. The van der Waals surface area contributed by atoms with Crippen molar-refractivity contribution in [2.75, 3.05) is 39.3 Å². The molecule has 0 aliphatic carbocycles. The predicted octanol–water partition coefficient (Wildman–Crippen LogP) is 0.495. The molecule has 0 radical (unpaired) electrons. The van der Waals surface area contributed by atoms with Crippen LogP contribution in [0.4, 0.5) is 0 Å². The maximum absolute atomic E-state index is 12.4. The Hall–Kier alpha value is -2.28. The molecule has 7 heteroatoms. The number of benzene rings is 1. The Morgan fingerprint density at radius 1 is 1.12 bits per heavy atom. The summed E-state index contributed by atoms with van der Waals surface area (Å²) in [7, 11) is 0. The van der Waals surface area contributed by atoms with Gasteiger partial charge < -0.3 is 19.7 Å². The molecule has 25 heavy (non-hydrogen) atoms. The molecule has 2 heterocycles. The van der Waals surface area contributed by atoms with Crippen molar-refractivity contribution in [2.45, 2.75) is 26.1 Å². The molecule has 1 aromatic carbocycles. The first-order chi connectivity index (χ1) is 12.0. The molecular formula is C18H25N3O4. The summed E-state index contributed by atoms with van der Waals surface area (Å²) in [5.74, 6) is 1.23. The number of ether oxygens (including phenoxy) is 2. The van der Waals surface area contributed by atoms with Crippen molar-refractivity contribution in [2.24, 2.45) is 0 Å². The van der Waals surface area contributed by atoms with E-state index in [1.165, 1.54) is 0 Å². The standard InChI is InChI=1S/C18H25N3O4/c1-13-17(25-16-6-4-3-5-15(16)24-13)18(23)19-7-8-20-9-11-21(12-10-20)14(2)22/h3-6,13,17H,7-12H2,1-2H3,(H,19,23)/t13-,17-/m1/s1. The van der Waals surface area contributed by atoms with Crippen LogP contribution in [0.5, 0.6) is 11.5 Å². The van der Waals surface area contributed by atoms with Gasteiger partial charge in [0.15, 0.2) is 11.5 Å². The fourth-order valence-corrected chi connectivity index (χ4v) is 3.13. The van der Waals surface area contributed by atoms with Crippen LogP contribution in [0.15, 0.2) is 24.3 Å². The number of piperazine rings is 1. The molecule has 2 aliphatic heterocycles. The summed E-state index contributed by atoms with van der Waals surface area (Å²) in [4.78, 5) is 27.8. The number of rotatable bonds is 4. The highest BCUT2D eigenvalue weighted by Crippen LogP contribution is 2.33. The minimum atomic E-state index is -0.649. The summed E-state index contributed by atoms with van der Waals surface area (Å²) >= 11 is 0. The van der Waals surface area contributed by atoms with Gasteiger partial charge in [-0.05, 0) is 19.1 Å². The molecule has 2 atom stereocenters. The van der Waals surface area contributed by atoms with E-state index in [1.54, 1.807) is 13.0 Å². The van der Waals surface area contributed by atoms with Crippen molar-refractivity contribution >= 4 is 11.8 Å². The van der Waals surface area contributed by atoms with Crippen LogP contribution < -0.4 is 14.8 Å². The second-order valence-electron chi connectivity index (χ2n) is 6.45. The van der Waals surface area contributed by atoms with E-state index >= 15 is 0 Å². The van der Waals surface area contributed by atoms with Gasteiger partial charge in [-0.3, -0.25) is 14.5 Å². The minimum Gasteiger partial charge on any atom is -0.482 e. The SMILES string of the molecule is CC(=O)N1CCN(CCNC(=O)[C@@H]2Oc3ccccc3O[C@@H]2C)CC1. The summed E-state index contributed by atoms with van der Waals surface area (Å²) < 4.78 is 11.6. The van der Waals surface area contributed by atoms with Gasteiger partial charge in [-0.2, -0.15) is 0 Å². The van der Waals surface area contributed by atoms with Crippen molar-refractivity contribution in [3.63, 3.8) is 0 Å². The lowest BCUT2D eigenvalue weighted by atomic mass is 10.1. The van der Waals surface area contributed by atoms with Crippen LogP contribution in [-0.2, 0) is 9.59 Å². The van der Waals surface area contributed by atoms with E-state index in [4.69, 9.17) is 9.47 Å². The predicted molar refractivity (Wildman–Crippen MR) is 92.7 cm³/mol. The molecule has 1 aromatic rings. The Bertz CT molecular complexity index is 629. The molecule has 0 aromatic heterocycles. The molecular weight excluding hydrogens is 322 g/mol. The van der Waals surface area contributed by atoms with E-state index in [9.17, 15) is 9.59 Å². The minimum absolute atomic E-state index is 0.122. The van der Waals surface area contributed by atoms with E-state index in [0.29, 0.717) is 18.0 Å². The number of nitrogens with one attached hydrogen (secondary N) is 1. The van der Waals surface area contributed by atoms with Gasteiger partial charge in [0.2, 0.25) is 12.0 Å². The average molecular weight is 347 g/mol. The lowest BCUT2D eigenvalue weighted by Crippen LogP contribution is -2.52. The van der Waals surface area contributed by atoms with Crippen molar-refractivity contribution < 1.29 is 19.1 Å². The highest BCUT2D eigenvalue weighted by molar-refractivity contribution is 5.82. The van der Waals surface area contributed by atoms with Gasteiger partial charge in [-0.25, -0.2) is 0 Å². The second-order valence-corrected chi connectivity index (χ2v) is 6.45. The van der Waals surface area contributed by atoms with Crippen LogP contribution in [0.2, 0.25) is 0 Å². The molecule has 1 N–H and O–H groups in total. The number of nitrogens with zero attached hydrogens (tertiary/aromatic N) is 2. The van der Waals surface area contributed by atoms with E-state index < -0.39 is 6.10 Å². The van der Waals surface area contributed by atoms with Crippen LogP contribution >= 0.6 is 0 Å². The van der Waals surface area contributed by atoms with Gasteiger partial charge in [-0.1, -0.05) is 12.1 Å². The molecule has 1 fully saturated rings. The van der Waals surface area contributed by atoms with Crippen LogP contribution in [0, 0.1) is 0 Å². The first-order valence-corrected chi connectivity index (χ1v) is 8.72. The summed E-state index contributed by atoms with van der Waals surface area (Å²) in [6, 6.07) is 7.37. The molecule has 2 amide bonds. The molecule has 0 spiro atoms. The number of carbonyl (C=O) groups is 2. The highest BCUT2D eigenvalue weighted by Gasteiger charge is 2.33. The number of hydrogen-bond acceptors (Lipinski definition) is 5. The molecule has 2 aliphatic rings. The molecule has 0 bridgehead atoms. The summed E-state index contributed by atoms with van der Waals surface area (Å²) in [5.41, 5.74) is 0. The fraction of sp³-hybridized carbons (Fsp3) is 0.556. The Kier molecular flexibility index (Phi) is 5.43. The first-order valence-electron chi connectivity index (χ1n) is 8.72. The summed E-state index contributed by atoms with van der Waals surface area (Å²) in [6.45, 7) is 7.91. The van der Waals surface area contributed by atoms with Gasteiger partial charge in [-0.15, -0.1) is 0 Å². The van der Waals surface area contributed by atoms with Gasteiger partial charge in [0.05, 0.1) is 0 Å². The zero-order valence-electron chi connectivity index (χ0n) is 14.7. The molecule has 0 unspecified atom stereocenters. The number of hydrogen-bond donors (Lipinski definition) is 1. The van der Waals surface area contributed by atoms with Gasteiger partial charge in [0, 0.05) is 46.2 Å². The summed E-state index contributed by atoms with van der Waals surface area (Å²) in [6.07, 6.45) is -0.988. The highest BCUT2D eigenvalue weighted by atomic mass is 16.6. The average Bonchev–Trinajstić information content (AvgIpc) is 2.61. The van der Waals surface area contributed by atoms with Crippen LogP contribution in [0.1, 0.15) is 13.8 Å². The van der Waals surface area contributed by atoms with Crippen molar-refractivity contribution in [1.29, 1.82) is 0 Å². The van der Waals surface area contributed by atoms with E-state index in [-0.39, 0.29) is 17.9 Å². The maximum atomic E-state index is 12.4. The topological polar surface area (TPSA) is 71.1 Å². The van der Waals surface area contributed by atoms with Crippen molar-refractivity contribution in [3.05, 3.63) is 24.3 Å². The number of para-hydroxylation sites is 2. The van der Waals surface area contributed by atoms with E-state index in [2.05, 4.69) is 10.2 Å². The Morgan fingerprint density at radius 3 is 2.40 bits per heavy atom. The monoisotopic (exact) mass is 347 g/mol. The van der Waals surface area contributed by atoms with Crippen molar-refractivity contribution in [3.8, 4) is 11.5 Å². The third-order valence-corrected chi connectivity index (χ3v) is 4.65. The van der Waals surface area contributed by atoms with Gasteiger partial charge in [0.25, 0.3) is 5.91 Å². The molecule has 1 saturated heterocycles. The van der Waals surface area contributed by atoms with Crippen LogP contribution in [0.3, 0.4) is 0 Å². The smallest absolute Gasteiger partial charge is 0.265 e. The molecule has 0 saturated carbocycles. The fourth-order valence-electron chi connectivity index (χ4n) is 3.13. The Balaban J connectivity index is 1.43. The number of fused-ring (bicyclic) bond motifs is 1. The maximum Gasteiger partial charge on any atom is 0.265 e. The quantitative estimate of drug-likeness (QED) is 0.859. The van der Waals surface area contributed by atoms with Crippen molar-refractivity contribution in [1.82, 2.24) is 15.1 Å². The zero-order chi connectivity index (χ0) is 17.8. The van der Waals surface area contributed by atoms with Crippen LogP contribution in [-0.4, -0.2) is 73.1 Å². The third-order valence-electron chi connectivity index (χ3n) is 4.65. The molecule has 7 nitrogen and oxygen atoms in total. The lowest BCUT2D eigenvalue weighted by Gasteiger charge is -2.34. The molecule has 3 rings (SSSR count). The molecule has 136 valence electrons. The Labute approximate surface area is 147 Å². The largest absolute Gasteiger partial charge is 0.482 e. The van der Waals surface area contributed by atoms with E-state index in [1.807, 2.05) is 30.0 Å². The number of carbonyl (C=O) groups excluding carboxylic acids is 2. The third kappa shape index (κ3) is 4.22. The first kappa shape index (κ1) is 17.5. The summed E-state index contributed by atoms with van der Waals surface area (Å²) in [5, 5.41) is 2.93.